The molecule has 0 spiro atoms. The van der Waals surface area contributed by atoms with Crippen LogP contribution in [0, 0.1) is 19.7 Å². The zero-order valence-corrected chi connectivity index (χ0v) is 15.3. The molecular formula is C18H20Cl2FN2O+. The largest absolute Gasteiger partial charge is 0.332 e. The summed E-state index contributed by atoms with van der Waals surface area (Å²) in [6.07, 6.45) is 0. The Bertz CT molecular complexity index is 765. The van der Waals surface area contributed by atoms with E-state index in [0.717, 1.165) is 16.8 Å². The van der Waals surface area contributed by atoms with Crippen LogP contribution in [0.25, 0.3) is 0 Å². The predicted molar refractivity (Wildman–Crippen MR) is 96.2 cm³/mol. The molecule has 2 aromatic rings. The summed E-state index contributed by atoms with van der Waals surface area (Å²) in [6, 6.07) is 8.37. The molecule has 2 rings (SSSR count). The minimum Gasteiger partial charge on any atom is -0.332 e. The normalized spacial score (nSPS) is 12.1. The molecule has 6 heteroatoms. The molecule has 24 heavy (non-hydrogen) atoms. The van der Waals surface area contributed by atoms with Crippen LogP contribution in [0.15, 0.2) is 30.3 Å². The fourth-order valence-corrected chi connectivity index (χ4v) is 3.01. The zero-order chi connectivity index (χ0) is 17.9. The number of quaternary nitrogens is 1. The van der Waals surface area contributed by atoms with E-state index in [-0.39, 0.29) is 23.5 Å². The second-order valence-electron chi connectivity index (χ2n) is 5.88. The molecule has 3 N–H and O–H groups in total. The lowest BCUT2D eigenvalue weighted by Crippen LogP contribution is -2.86. The summed E-state index contributed by atoms with van der Waals surface area (Å²) in [5.41, 5.74) is 3.56. The van der Waals surface area contributed by atoms with Crippen molar-refractivity contribution in [3.8, 4) is 0 Å². The number of amides is 1. The maximum absolute atomic E-state index is 13.6. The quantitative estimate of drug-likeness (QED) is 0.768. The van der Waals surface area contributed by atoms with E-state index in [1.54, 1.807) is 5.32 Å². The first kappa shape index (κ1) is 18.7. The summed E-state index contributed by atoms with van der Waals surface area (Å²) in [4.78, 5) is 12.1. The van der Waals surface area contributed by atoms with Crippen LogP contribution >= 0.6 is 23.2 Å². The standard InChI is InChI=1S/C18H19Cl2FN2O/c1-10-4-5-17(11(2)6-10)23-18(24)9-22-12(3)13-7-16(21)15(20)8-14(13)19/h4-8,12,22H,9H2,1-3H3,(H,23,24)/p+1/t12-/m0/s1. The van der Waals surface area contributed by atoms with Gasteiger partial charge in [-0.05, 0) is 44.5 Å². The van der Waals surface area contributed by atoms with Gasteiger partial charge in [0.1, 0.15) is 11.9 Å². The third-order valence-corrected chi connectivity index (χ3v) is 4.46. The summed E-state index contributed by atoms with van der Waals surface area (Å²) < 4.78 is 13.6. The van der Waals surface area contributed by atoms with Crippen molar-refractivity contribution in [2.45, 2.75) is 26.8 Å². The van der Waals surface area contributed by atoms with Gasteiger partial charge < -0.3 is 10.6 Å². The van der Waals surface area contributed by atoms with Crippen molar-refractivity contribution >= 4 is 34.8 Å². The van der Waals surface area contributed by atoms with Gasteiger partial charge in [0.15, 0.2) is 6.54 Å². The first-order valence-electron chi connectivity index (χ1n) is 7.62. The molecule has 0 aromatic heterocycles. The predicted octanol–water partition coefficient (Wildman–Crippen LogP) is 4.01. The van der Waals surface area contributed by atoms with Crippen molar-refractivity contribution in [1.29, 1.82) is 0 Å². The maximum atomic E-state index is 13.6. The topological polar surface area (TPSA) is 45.7 Å². The first-order chi connectivity index (χ1) is 11.3. The molecule has 128 valence electrons. The number of anilines is 1. The average molecular weight is 370 g/mol. The molecular weight excluding hydrogens is 350 g/mol. The molecule has 0 saturated carbocycles. The van der Waals surface area contributed by atoms with Gasteiger partial charge in [-0.1, -0.05) is 40.9 Å². The van der Waals surface area contributed by atoms with Crippen LogP contribution in [0.2, 0.25) is 10.0 Å². The third kappa shape index (κ3) is 4.69. The van der Waals surface area contributed by atoms with E-state index in [1.807, 2.05) is 39.0 Å². The number of nitrogens with two attached hydrogens (primary N) is 1. The fourth-order valence-electron chi connectivity index (χ4n) is 2.45. The number of carbonyl (C=O) groups excluding carboxylic acids is 1. The molecule has 1 amide bonds. The molecule has 2 aromatic carbocycles. The van der Waals surface area contributed by atoms with Gasteiger partial charge in [-0.15, -0.1) is 0 Å². The lowest BCUT2D eigenvalue weighted by molar-refractivity contribution is -0.682. The lowest BCUT2D eigenvalue weighted by atomic mass is 10.1. The van der Waals surface area contributed by atoms with E-state index in [1.165, 1.54) is 12.1 Å². The number of halogens is 3. The number of nitrogens with one attached hydrogen (secondary N) is 1. The number of hydrogen-bond acceptors (Lipinski definition) is 1. The van der Waals surface area contributed by atoms with Crippen molar-refractivity contribution in [1.82, 2.24) is 0 Å². The van der Waals surface area contributed by atoms with E-state index in [2.05, 4.69) is 5.32 Å². The number of aryl methyl sites for hydroxylation is 2. The number of benzene rings is 2. The summed E-state index contributed by atoms with van der Waals surface area (Å²) in [5.74, 6) is -0.643. The Kier molecular flexibility index (Phi) is 6.21. The molecule has 3 nitrogen and oxygen atoms in total. The Hall–Kier alpha value is -1.62. The summed E-state index contributed by atoms with van der Waals surface area (Å²) >= 11 is 11.8. The Morgan fingerprint density at radius 1 is 1.21 bits per heavy atom. The first-order valence-corrected chi connectivity index (χ1v) is 8.38. The van der Waals surface area contributed by atoms with Crippen LogP contribution < -0.4 is 10.6 Å². The van der Waals surface area contributed by atoms with Gasteiger partial charge in [0.2, 0.25) is 0 Å². The minimum absolute atomic E-state index is 0.0106. The molecule has 1 atom stereocenters. The highest BCUT2D eigenvalue weighted by atomic mass is 35.5. The summed E-state index contributed by atoms with van der Waals surface area (Å²) in [6.45, 7) is 6.02. The Morgan fingerprint density at radius 3 is 2.58 bits per heavy atom. The van der Waals surface area contributed by atoms with E-state index in [4.69, 9.17) is 23.2 Å². The van der Waals surface area contributed by atoms with Crippen molar-refractivity contribution in [3.05, 3.63) is 62.9 Å². The Balaban J connectivity index is 1.97. The van der Waals surface area contributed by atoms with Crippen LogP contribution in [0.1, 0.15) is 29.7 Å². The van der Waals surface area contributed by atoms with E-state index >= 15 is 0 Å². The van der Waals surface area contributed by atoms with E-state index in [0.29, 0.717) is 10.6 Å². The van der Waals surface area contributed by atoms with Crippen LogP contribution in [0.4, 0.5) is 10.1 Å². The number of hydrogen-bond donors (Lipinski definition) is 2. The van der Waals surface area contributed by atoms with Gasteiger partial charge in [0.25, 0.3) is 5.91 Å². The molecule has 0 radical (unpaired) electrons. The van der Waals surface area contributed by atoms with Gasteiger partial charge in [-0.2, -0.15) is 0 Å². The Morgan fingerprint density at radius 2 is 1.92 bits per heavy atom. The van der Waals surface area contributed by atoms with Gasteiger partial charge >= 0.3 is 0 Å². The number of rotatable bonds is 5. The van der Waals surface area contributed by atoms with Crippen molar-refractivity contribution in [3.63, 3.8) is 0 Å². The van der Waals surface area contributed by atoms with Gasteiger partial charge in [-0.3, -0.25) is 4.79 Å². The van der Waals surface area contributed by atoms with Crippen molar-refractivity contribution < 1.29 is 14.5 Å². The average Bonchev–Trinajstić information content (AvgIpc) is 2.51. The highest BCUT2D eigenvalue weighted by Gasteiger charge is 2.17. The summed E-state index contributed by atoms with van der Waals surface area (Å²) in [5, 5.41) is 5.06. The van der Waals surface area contributed by atoms with Gasteiger partial charge in [-0.25, -0.2) is 4.39 Å². The molecule has 0 bridgehead atoms. The van der Waals surface area contributed by atoms with Crippen molar-refractivity contribution in [2.24, 2.45) is 0 Å². The van der Waals surface area contributed by atoms with E-state index in [9.17, 15) is 9.18 Å². The smallest absolute Gasteiger partial charge is 0.279 e. The van der Waals surface area contributed by atoms with Crippen LogP contribution in [-0.4, -0.2) is 12.5 Å². The van der Waals surface area contributed by atoms with Crippen LogP contribution in [0.3, 0.4) is 0 Å². The molecule has 0 aliphatic carbocycles. The highest BCUT2D eigenvalue weighted by molar-refractivity contribution is 6.35. The van der Waals surface area contributed by atoms with Gasteiger partial charge in [0.05, 0.1) is 10.0 Å². The molecule has 0 unspecified atom stereocenters. The Labute approximate surface area is 151 Å². The monoisotopic (exact) mass is 369 g/mol. The number of carbonyl (C=O) groups is 1. The SMILES string of the molecule is Cc1ccc(NC(=O)C[NH2+][C@@H](C)c2cc(F)c(Cl)cc2Cl)c(C)c1. The van der Waals surface area contributed by atoms with Crippen LogP contribution in [-0.2, 0) is 4.79 Å². The second kappa shape index (κ2) is 7.97. The molecule has 0 saturated heterocycles. The van der Waals surface area contributed by atoms with Crippen molar-refractivity contribution in [2.75, 3.05) is 11.9 Å². The zero-order valence-electron chi connectivity index (χ0n) is 13.8. The fraction of sp³-hybridized carbons (Fsp3) is 0.278. The maximum Gasteiger partial charge on any atom is 0.279 e. The molecule has 0 aliphatic rings. The lowest BCUT2D eigenvalue weighted by Gasteiger charge is -2.14. The molecule has 0 fully saturated rings. The molecule has 0 heterocycles. The minimum atomic E-state index is -0.518. The van der Waals surface area contributed by atoms with Gasteiger partial charge in [0, 0.05) is 11.3 Å². The molecule has 0 aliphatic heterocycles. The summed E-state index contributed by atoms with van der Waals surface area (Å²) in [7, 11) is 0. The second-order valence-corrected chi connectivity index (χ2v) is 6.70. The van der Waals surface area contributed by atoms with Crippen LogP contribution in [0.5, 0.6) is 0 Å². The van der Waals surface area contributed by atoms with E-state index < -0.39 is 5.82 Å². The third-order valence-electron chi connectivity index (χ3n) is 3.84. The highest BCUT2D eigenvalue weighted by Crippen LogP contribution is 2.27.